The molecule has 1 aliphatic heterocycles. The molecule has 0 aromatic heterocycles. The van der Waals surface area contributed by atoms with Gasteiger partial charge >= 0.3 is 0 Å². The number of hydrogen-bond acceptors (Lipinski definition) is 5. The van der Waals surface area contributed by atoms with E-state index >= 15 is 0 Å². The van der Waals surface area contributed by atoms with E-state index in [-0.39, 0.29) is 28.5 Å². The van der Waals surface area contributed by atoms with Gasteiger partial charge in [0.25, 0.3) is 5.91 Å². The van der Waals surface area contributed by atoms with Crippen molar-refractivity contribution in [1.82, 2.24) is 5.32 Å². The summed E-state index contributed by atoms with van der Waals surface area (Å²) in [6.45, 7) is 1.40. The molecular weight excluding hydrogens is 371 g/mol. The molecule has 0 spiro atoms. The number of carbonyl (C=O) groups is 1. The number of sulfone groups is 1. The second kappa shape index (κ2) is 8.16. The summed E-state index contributed by atoms with van der Waals surface area (Å²) in [4.78, 5) is 12.5. The van der Waals surface area contributed by atoms with Crippen molar-refractivity contribution in [3.05, 3.63) is 58.9 Å². The second-order valence-electron chi connectivity index (χ2n) is 6.28. The number of carbonyl (C=O) groups excluding carboxylic acids is 1. The minimum absolute atomic E-state index is 0.0949. The van der Waals surface area contributed by atoms with Crippen molar-refractivity contribution in [2.75, 3.05) is 31.3 Å². The van der Waals surface area contributed by atoms with Gasteiger partial charge in [-0.2, -0.15) is 0 Å². The fourth-order valence-corrected chi connectivity index (χ4v) is 4.12. The van der Waals surface area contributed by atoms with E-state index < -0.39 is 21.6 Å². The van der Waals surface area contributed by atoms with Gasteiger partial charge in [-0.05, 0) is 54.4 Å². The molecule has 6 nitrogen and oxygen atoms in total. The number of methoxy groups -OCH3 is 1. The predicted molar refractivity (Wildman–Crippen MR) is 100 cm³/mol. The lowest BCUT2D eigenvalue weighted by molar-refractivity contribution is 0.102. The molecule has 0 atom stereocenters. The molecule has 0 fully saturated rings. The number of anilines is 1. The fourth-order valence-electron chi connectivity index (χ4n) is 2.95. The Balaban J connectivity index is 1.75. The summed E-state index contributed by atoms with van der Waals surface area (Å²) in [7, 11) is -2.03. The van der Waals surface area contributed by atoms with Gasteiger partial charge in [0, 0.05) is 19.2 Å². The Kier molecular flexibility index (Phi) is 5.88. The highest BCUT2D eigenvalue weighted by Gasteiger charge is 2.19. The molecule has 8 heteroatoms. The zero-order chi connectivity index (χ0) is 19.4. The first kappa shape index (κ1) is 19.5. The highest BCUT2D eigenvalue weighted by Crippen LogP contribution is 2.25. The minimum Gasteiger partial charge on any atom is -0.384 e. The van der Waals surface area contributed by atoms with E-state index in [0.717, 1.165) is 5.56 Å². The van der Waals surface area contributed by atoms with Gasteiger partial charge < -0.3 is 15.4 Å². The molecule has 2 aromatic carbocycles. The number of hydrogen-bond donors (Lipinski definition) is 2. The van der Waals surface area contributed by atoms with Crippen LogP contribution in [0.15, 0.2) is 41.3 Å². The van der Waals surface area contributed by atoms with E-state index in [1.165, 1.54) is 31.4 Å². The summed E-state index contributed by atoms with van der Waals surface area (Å²) in [5.74, 6) is -1.05. The zero-order valence-corrected chi connectivity index (χ0v) is 15.7. The standard InChI is InChI=1S/C19H21FN2O4S/c1-26-10-11-27(24,25)15-5-2-13(3-6-15)19(23)22-17-7-4-14-12-21-9-8-16(14)18(17)20/h2-7,21H,8-12H2,1H3,(H,22,23). The van der Waals surface area contributed by atoms with Gasteiger partial charge in [-0.25, -0.2) is 12.8 Å². The molecule has 1 aliphatic rings. The van der Waals surface area contributed by atoms with Gasteiger partial charge in [0.15, 0.2) is 9.84 Å². The smallest absolute Gasteiger partial charge is 0.255 e. The number of ether oxygens (including phenoxy) is 1. The third-order valence-corrected chi connectivity index (χ3v) is 6.18. The van der Waals surface area contributed by atoms with Crippen LogP contribution in [0.2, 0.25) is 0 Å². The highest BCUT2D eigenvalue weighted by molar-refractivity contribution is 7.91. The predicted octanol–water partition coefficient (Wildman–Crippen LogP) is 2.14. The second-order valence-corrected chi connectivity index (χ2v) is 8.39. The highest BCUT2D eigenvalue weighted by atomic mass is 32.2. The number of fused-ring (bicyclic) bond motifs is 1. The van der Waals surface area contributed by atoms with Crippen molar-refractivity contribution in [3.63, 3.8) is 0 Å². The van der Waals surface area contributed by atoms with Crippen molar-refractivity contribution in [2.24, 2.45) is 0 Å². The molecule has 1 amide bonds. The minimum atomic E-state index is -3.46. The molecule has 1 heterocycles. The van der Waals surface area contributed by atoms with Crippen molar-refractivity contribution in [2.45, 2.75) is 17.9 Å². The summed E-state index contributed by atoms with van der Waals surface area (Å²) in [5.41, 5.74) is 1.88. The molecule has 27 heavy (non-hydrogen) atoms. The Bertz CT molecular complexity index is 943. The van der Waals surface area contributed by atoms with Crippen molar-refractivity contribution in [3.8, 4) is 0 Å². The van der Waals surface area contributed by atoms with Gasteiger partial charge in [-0.15, -0.1) is 0 Å². The van der Waals surface area contributed by atoms with Crippen LogP contribution in [0.3, 0.4) is 0 Å². The lowest BCUT2D eigenvalue weighted by atomic mass is 9.99. The average molecular weight is 392 g/mol. The average Bonchev–Trinajstić information content (AvgIpc) is 2.69. The van der Waals surface area contributed by atoms with Gasteiger partial charge in [0.1, 0.15) is 5.82 Å². The topological polar surface area (TPSA) is 84.5 Å². The van der Waals surface area contributed by atoms with Crippen LogP contribution in [0.5, 0.6) is 0 Å². The first-order valence-corrected chi connectivity index (χ1v) is 10.2. The van der Waals surface area contributed by atoms with Crippen molar-refractivity contribution in [1.29, 1.82) is 0 Å². The fraction of sp³-hybridized carbons (Fsp3) is 0.316. The maximum absolute atomic E-state index is 14.6. The monoisotopic (exact) mass is 392 g/mol. The third-order valence-electron chi connectivity index (χ3n) is 4.49. The van der Waals surface area contributed by atoms with Crippen molar-refractivity contribution >= 4 is 21.4 Å². The number of halogens is 1. The Morgan fingerprint density at radius 1 is 1.22 bits per heavy atom. The van der Waals surface area contributed by atoms with Crippen LogP contribution in [0, 0.1) is 5.82 Å². The van der Waals surface area contributed by atoms with Crippen LogP contribution in [0.25, 0.3) is 0 Å². The van der Waals surface area contributed by atoms with Gasteiger partial charge in [-0.1, -0.05) is 6.07 Å². The van der Waals surface area contributed by atoms with Crippen LogP contribution in [-0.2, 0) is 27.5 Å². The van der Waals surface area contributed by atoms with Crippen molar-refractivity contribution < 1.29 is 22.3 Å². The maximum atomic E-state index is 14.6. The molecule has 0 saturated heterocycles. The molecule has 2 aromatic rings. The number of nitrogens with one attached hydrogen (secondary N) is 2. The molecule has 0 bridgehead atoms. The third kappa shape index (κ3) is 4.35. The van der Waals surface area contributed by atoms with E-state index in [1.54, 1.807) is 12.1 Å². The van der Waals surface area contributed by atoms with Crippen LogP contribution >= 0.6 is 0 Å². The molecule has 144 valence electrons. The van der Waals surface area contributed by atoms with Crippen LogP contribution in [0.1, 0.15) is 21.5 Å². The van der Waals surface area contributed by atoms with E-state index in [0.29, 0.717) is 25.1 Å². The van der Waals surface area contributed by atoms with Gasteiger partial charge in [0.05, 0.1) is 22.9 Å². The molecule has 3 rings (SSSR count). The lowest BCUT2D eigenvalue weighted by Gasteiger charge is -2.19. The first-order chi connectivity index (χ1) is 12.9. The quantitative estimate of drug-likeness (QED) is 0.787. The van der Waals surface area contributed by atoms with Crippen LogP contribution < -0.4 is 10.6 Å². The zero-order valence-electron chi connectivity index (χ0n) is 14.9. The largest absolute Gasteiger partial charge is 0.384 e. The van der Waals surface area contributed by atoms with E-state index in [9.17, 15) is 17.6 Å². The Labute approximate surface area is 157 Å². The Morgan fingerprint density at radius 2 is 1.96 bits per heavy atom. The Morgan fingerprint density at radius 3 is 2.67 bits per heavy atom. The molecule has 0 saturated carbocycles. The number of amides is 1. The van der Waals surface area contributed by atoms with Gasteiger partial charge in [0.2, 0.25) is 0 Å². The summed E-state index contributed by atoms with van der Waals surface area (Å²) in [6, 6.07) is 8.91. The maximum Gasteiger partial charge on any atom is 0.255 e. The molecular formula is C19H21FN2O4S. The lowest BCUT2D eigenvalue weighted by Crippen LogP contribution is -2.25. The van der Waals surface area contributed by atoms with E-state index in [2.05, 4.69) is 10.6 Å². The van der Waals surface area contributed by atoms with Crippen LogP contribution in [0.4, 0.5) is 10.1 Å². The Hall–Kier alpha value is -2.29. The molecule has 0 aliphatic carbocycles. The summed E-state index contributed by atoms with van der Waals surface area (Å²) in [6.07, 6.45) is 0.568. The van der Waals surface area contributed by atoms with E-state index in [1.807, 2.05) is 0 Å². The van der Waals surface area contributed by atoms with E-state index in [4.69, 9.17) is 4.74 Å². The summed E-state index contributed by atoms with van der Waals surface area (Å²) in [5, 5.41) is 5.74. The molecule has 0 radical (unpaired) electrons. The molecule has 0 unspecified atom stereocenters. The molecule has 2 N–H and O–H groups in total. The first-order valence-electron chi connectivity index (χ1n) is 8.56. The number of benzene rings is 2. The number of rotatable bonds is 6. The normalized spacial score (nSPS) is 13.9. The summed E-state index contributed by atoms with van der Waals surface area (Å²) < 4.78 is 43.6. The SMILES string of the molecule is COCCS(=O)(=O)c1ccc(C(=O)Nc2ccc3c(c2F)CCNC3)cc1. The summed E-state index contributed by atoms with van der Waals surface area (Å²) >= 11 is 0. The van der Waals surface area contributed by atoms with Crippen LogP contribution in [-0.4, -0.2) is 40.3 Å². The van der Waals surface area contributed by atoms with Gasteiger partial charge in [-0.3, -0.25) is 4.79 Å².